The van der Waals surface area contributed by atoms with Crippen LogP contribution in [-0.4, -0.2) is 173 Å². The van der Waals surface area contributed by atoms with Crippen LogP contribution in [0.5, 0.6) is 11.5 Å². The Morgan fingerprint density at radius 2 is 0.925 bits per heavy atom. The smallest absolute Gasteiger partial charge is 0.229 e. The maximum atomic E-state index is 10.7. The zero-order valence-electron chi connectivity index (χ0n) is 29.5. The lowest BCUT2D eigenvalue weighted by Crippen LogP contribution is -2.65. The fourth-order valence-electron chi connectivity index (χ4n) is 6.07. The monoisotopic (exact) mass is 760 g/mol. The first kappa shape index (κ1) is 43.1. The van der Waals surface area contributed by atoms with Crippen molar-refractivity contribution in [3.8, 4) is 11.5 Å². The van der Waals surface area contributed by atoms with Crippen molar-refractivity contribution >= 4 is 0 Å². The lowest BCUT2D eigenvalue weighted by molar-refractivity contribution is -0.352. The minimum absolute atomic E-state index is 0.0961. The molecule has 15 unspecified atom stereocenters. The van der Waals surface area contributed by atoms with E-state index in [0.29, 0.717) is 17.1 Å². The molecule has 3 aliphatic heterocycles. The molecule has 0 aliphatic carbocycles. The molecule has 3 saturated heterocycles. The van der Waals surface area contributed by atoms with E-state index in [1.165, 1.54) is 0 Å². The van der Waals surface area contributed by atoms with Crippen LogP contribution in [0.2, 0.25) is 0 Å². The second-order valence-electron chi connectivity index (χ2n) is 13.1. The largest absolute Gasteiger partial charge is 0.462 e. The Morgan fingerprint density at radius 3 is 1.38 bits per heavy atom. The average Bonchev–Trinajstić information content (AvgIpc) is 3.16. The Bertz CT molecular complexity index is 1430. The van der Waals surface area contributed by atoms with Crippen molar-refractivity contribution in [2.75, 3.05) is 19.8 Å². The molecule has 300 valence electrons. The Kier molecular flexibility index (Phi) is 15.7. The van der Waals surface area contributed by atoms with Gasteiger partial charge in [-0.3, -0.25) is 0 Å². The second-order valence-corrected chi connectivity index (χ2v) is 13.1. The quantitative estimate of drug-likeness (QED) is 0.105. The van der Waals surface area contributed by atoms with Crippen molar-refractivity contribution in [3.63, 3.8) is 0 Å². The van der Waals surface area contributed by atoms with Gasteiger partial charge in [0, 0.05) is 0 Å². The van der Waals surface area contributed by atoms with Gasteiger partial charge in [-0.25, -0.2) is 0 Å². The molecule has 0 saturated carbocycles. The van der Waals surface area contributed by atoms with Crippen molar-refractivity contribution in [2.45, 2.75) is 126 Å². The molecule has 0 amide bonds. The average molecular weight is 761 g/mol. The van der Waals surface area contributed by atoms with Crippen LogP contribution in [0.15, 0.2) is 36.4 Å². The summed E-state index contributed by atoms with van der Waals surface area (Å²) in [7, 11) is 0. The molecule has 15 atom stereocenters. The van der Waals surface area contributed by atoms with Crippen molar-refractivity contribution in [1.29, 1.82) is 0 Å². The third kappa shape index (κ3) is 9.99. The van der Waals surface area contributed by atoms with Crippen molar-refractivity contribution < 1.29 is 89.7 Å². The summed E-state index contributed by atoms with van der Waals surface area (Å²) in [6.45, 7) is 3.72. The van der Waals surface area contributed by atoms with Crippen molar-refractivity contribution in [1.82, 2.24) is 0 Å². The highest BCUT2D eigenvalue weighted by molar-refractivity contribution is 5.37. The maximum Gasteiger partial charge on any atom is 0.229 e. The van der Waals surface area contributed by atoms with Gasteiger partial charge in [0.15, 0.2) is 6.29 Å². The highest BCUT2D eigenvalue weighted by Crippen LogP contribution is 2.32. The first-order valence-electron chi connectivity index (χ1n) is 17.2. The summed E-state index contributed by atoms with van der Waals surface area (Å²) in [6.07, 6.45) is -20.6. The number of aliphatic hydroxyl groups is 12. The van der Waals surface area contributed by atoms with Gasteiger partial charge in [0.2, 0.25) is 12.6 Å². The van der Waals surface area contributed by atoms with E-state index >= 15 is 0 Å². The summed E-state index contributed by atoms with van der Waals surface area (Å²) in [5, 5.41) is 118. The van der Waals surface area contributed by atoms with Gasteiger partial charge in [0.05, 0.1) is 26.4 Å². The van der Waals surface area contributed by atoms with E-state index in [2.05, 4.69) is 0 Å². The molecule has 12 N–H and O–H groups in total. The number of aliphatic hydroxyl groups excluding tert-OH is 12. The van der Waals surface area contributed by atoms with Crippen LogP contribution >= 0.6 is 0 Å². The van der Waals surface area contributed by atoms with E-state index in [1.54, 1.807) is 31.2 Å². The summed E-state index contributed by atoms with van der Waals surface area (Å²) in [4.78, 5) is 0. The SMILES string of the molecule is CCc1ccc(OC2OC(CO)C(OC3OC(CO)C(O)C(O)C3O)C(O)C2O)c(C)c1.Cc1cc(CO)ccc1OC1OC(CO)C(O)C(O)C1O. The summed E-state index contributed by atoms with van der Waals surface area (Å²) in [5.74, 6) is 0.847. The number of ether oxygens (including phenoxy) is 6. The van der Waals surface area contributed by atoms with Gasteiger partial charge >= 0.3 is 0 Å². The van der Waals surface area contributed by atoms with Gasteiger partial charge < -0.3 is 89.7 Å². The number of aryl methyl sites for hydroxylation is 3. The molecule has 18 heteroatoms. The Balaban J connectivity index is 0.000000258. The van der Waals surface area contributed by atoms with Crippen LogP contribution in [0.3, 0.4) is 0 Å². The lowest BCUT2D eigenvalue weighted by atomic mass is 9.97. The maximum absolute atomic E-state index is 10.7. The van der Waals surface area contributed by atoms with E-state index in [9.17, 15) is 51.1 Å². The van der Waals surface area contributed by atoms with Gasteiger partial charge in [-0.15, -0.1) is 0 Å². The molecule has 3 heterocycles. The Morgan fingerprint density at radius 1 is 0.509 bits per heavy atom. The van der Waals surface area contributed by atoms with Crippen LogP contribution < -0.4 is 9.47 Å². The molecule has 3 aliphatic rings. The normalized spacial score (nSPS) is 37.4. The van der Waals surface area contributed by atoms with E-state index in [-0.39, 0.29) is 6.61 Å². The van der Waals surface area contributed by atoms with Crippen molar-refractivity contribution in [3.05, 3.63) is 58.7 Å². The first-order chi connectivity index (χ1) is 25.2. The van der Waals surface area contributed by atoms with Gasteiger partial charge in [-0.05, 0) is 54.7 Å². The third-order valence-corrected chi connectivity index (χ3v) is 9.36. The topological polar surface area (TPSA) is 298 Å². The van der Waals surface area contributed by atoms with Gasteiger partial charge in [-0.1, -0.05) is 31.2 Å². The van der Waals surface area contributed by atoms with E-state index in [1.807, 2.05) is 26.0 Å². The molecule has 2 aromatic rings. The molecule has 0 bridgehead atoms. The van der Waals surface area contributed by atoms with Crippen LogP contribution in [0.4, 0.5) is 0 Å². The predicted octanol–water partition coefficient (Wildman–Crippen LogP) is -3.77. The minimum Gasteiger partial charge on any atom is -0.462 e. The van der Waals surface area contributed by atoms with Crippen LogP contribution in [0, 0.1) is 13.8 Å². The van der Waals surface area contributed by atoms with E-state index in [0.717, 1.165) is 23.1 Å². The predicted molar refractivity (Wildman–Crippen MR) is 179 cm³/mol. The number of hydrogen-bond donors (Lipinski definition) is 12. The lowest BCUT2D eigenvalue weighted by Gasteiger charge is -2.45. The zero-order chi connectivity index (χ0) is 39.1. The summed E-state index contributed by atoms with van der Waals surface area (Å²) in [6, 6.07) is 10.5. The fraction of sp³-hybridized carbons (Fsp3) is 0.657. The summed E-state index contributed by atoms with van der Waals surface area (Å²) < 4.78 is 32.9. The first-order valence-corrected chi connectivity index (χ1v) is 17.2. The third-order valence-electron chi connectivity index (χ3n) is 9.36. The number of hydrogen-bond acceptors (Lipinski definition) is 18. The van der Waals surface area contributed by atoms with Crippen LogP contribution in [0.25, 0.3) is 0 Å². The summed E-state index contributed by atoms with van der Waals surface area (Å²) >= 11 is 0. The molecular formula is C35H52O18. The fourth-order valence-corrected chi connectivity index (χ4v) is 6.07. The highest BCUT2D eigenvalue weighted by Gasteiger charge is 2.51. The second kappa shape index (κ2) is 19.3. The molecule has 3 fully saturated rings. The number of rotatable bonds is 11. The minimum atomic E-state index is -1.72. The Labute approximate surface area is 305 Å². The zero-order valence-corrected chi connectivity index (χ0v) is 29.5. The molecule has 0 aromatic heterocycles. The standard InChI is InChI=1S/C21H32O11.C14H20O7/c1-3-10-4-5-11(9(2)6-10)29-20-18(28)16(26)19(13(8-23)31-20)32-21-17(27)15(25)14(24)12(7-22)30-21;1-7-4-8(5-15)2-3-9(7)20-14-13(19)12(18)11(17)10(6-16)21-14/h4-6,12-28H,3,7-8H2,1-2H3;2-4,10-19H,5-6H2,1H3. The molecule has 53 heavy (non-hydrogen) atoms. The van der Waals surface area contributed by atoms with Crippen LogP contribution in [0.1, 0.15) is 29.2 Å². The van der Waals surface area contributed by atoms with Crippen molar-refractivity contribution in [2.24, 2.45) is 0 Å². The van der Waals surface area contributed by atoms with Gasteiger partial charge in [0.25, 0.3) is 0 Å². The highest BCUT2D eigenvalue weighted by atomic mass is 16.7. The molecule has 5 rings (SSSR count). The van der Waals surface area contributed by atoms with E-state index in [4.69, 9.17) is 38.6 Å². The van der Waals surface area contributed by atoms with Crippen LogP contribution in [-0.2, 0) is 32.0 Å². The molecular weight excluding hydrogens is 708 g/mol. The van der Waals surface area contributed by atoms with Gasteiger partial charge in [0.1, 0.15) is 84.7 Å². The summed E-state index contributed by atoms with van der Waals surface area (Å²) in [5.41, 5.74) is 3.34. The van der Waals surface area contributed by atoms with Gasteiger partial charge in [-0.2, -0.15) is 0 Å². The Hall–Kier alpha value is -2.60. The molecule has 0 radical (unpaired) electrons. The number of benzene rings is 2. The molecule has 0 spiro atoms. The molecule has 18 nitrogen and oxygen atoms in total. The molecule has 2 aromatic carbocycles. The van der Waals surface area contributed by atoms with E-state index < -0.39 is 112 Å².